The zero-order valence-electron chi connectivity index (χ0n) is 18.9. The van der Waals surface area contributed by atoms with Gasteiger partial charge in [0.2, 0.25) is 5.95 Å². The van der Waals surface area contributed by atoms with Gasteiger partial charge in [0.1, 0.15) is 11.7 Å². The smallest absolute Gasteiger partial charge is 0.378 e. The number of carbonyl (C=O) groups excluding carboxylic acids is 1. The third-order valence-electron chi connectivity index (χ3n) is 6.07. The van der Waals surface area contributed by atoms with Gasteiger partial charge < -0.3 is 19.9 Å². The second kappa shape index (κ2) is 10.5. The van der Waals surface area contributed by atoms with Crippen molar-refractivity contribution < 1.29 is 22.7 Å². The highest BCUT2D eigenvalue weighted by molar-refractivity contribution is 9.10. The van der Waals surface area contributed by atoms with Crippen LogP contribution < -0.4 is 15.8 Å². The van der Waals surface area contributed by atoms with Crippen LogP contribution in [0.25, 0.3) is 0 Å². The number of ether oxygens (including phenoxy) is 1. The number of hydrogen-bond acceptors (Lipinski definition) is 8. The lowest BCUT2D eigenvalue weighted by molar-refractivity contribution is -0.139. The quantitative estimate of drug-likeness (QED) is 0.531. The van der Waals surface area contributed by atoms with Gasteiger partial charge in [-0.25, -0.2) is 15.1 Å². The maximum atomic E-state index is 13.2. The number of rotatable bonds is 7. The number of nitrogens with zero attached hydrogens (tertiary/aromatic N) is 5. The van der Waals surface area contributed by atoms with Gasteiger partial charge in [0.25, 0.3) is 11.5 Å². The van der Waals surface area contributed by atoms with Gasteiger partial charge in [0.05, 0.1) is 23.0 Å². The monoisotopic (exact) mass is 559 g/mol. The summed E-state index contributed by atoms with van der Waals surface area (Å²) in [5.74, 6) is 0.552. The molecule has 0 aromatic carbocycles. The first kappa shape index (κ1) is 25.4. The molecule has 2 N–H and O–H groups in total. The van der Waals surface area contributed by atoms with E-state index in [1.54, 1.807) is 24.4 Å². The van der Waals surface area contributed by atoms with Crippen molar-refractivity contribution in [2.24, 2.45) is 0 Å². The van der Waals surface area contributed by atoms with Crippen LogP contribution in [0, 0.1) is 0 Å². The lowest BCUT2D eigenvalue weighted by atomic mass is 10.0. The highest BCUT2D eigenvalue weighted by Crippen LogP contribution is 2.32. The molecule has 2 aliphatic heterocycles. The number of hydrogen-bond donors (Lipinski definition) is 2. The summed E-state index contributed by atoms with van der Waals surface area (Å²) in [5.41, 5.74) is -3.10. The highest BCUT2D eigenvalue weighted by atomic mass is 79.9. The van der Waals surface area contributed by atoms with E-state index in [2.05, 4.69) is 41.2 Å². The van der Waals surface area contributed by atoms with E-state index in [0.29, 0.717) is 18.9 Å². The minimum absolute atomic E-state index is 0.00626. The molecule has 2 aromatic heterocycles. The number of nitrogens with one attached hydrogen (secondary N) is 2. The summed E-state index contributed by atoms with van der Waals surface area (Å²) in [4.78, 5) is 37.1. The van der Waals surface area contributed by atoms with Crippen LogP contribution in [0.4, 0.5) is 24.8 Å². The molecular weight excluding hydrogens is 535 g/mol. The van der Waals surface area contributed by atoms with Gasteiger partial charge in [0.15, 0.2) is 0 Å². The third kappa shape index (κ3) is 5.92. The van der Waals surface area contributed by atoms with Gasteiger partial charge in [0, 0.05) is 50.5 Å². The van der Waals surface area contributed by atoms with Gasteiger partial charge in [-0.15, -0.1) is 0 Å². The lowest BCUT2D eigenvalue weighted by Gasteiger charge is -2.36. The van der Waals surface area contributed by atoms with Crippen LogP contribution in [-0.2, 0) is 15.7 Å². The number of aromatic amines is 1. The summed E-state index contributed by atoms with van der Waals surface area (Å²) in [5, 5.41) is 7.85. The van der Waals surface area contributed by atoms with E-state index in [9.17, 15) is 22.8 Å². The van der Waals surface area contributed by atoms with Crippen LogP contribution >= 0.6 is 15.9 Å². The molecule has 2 aliphatic rings. The Balaban J connectivity index is 1.27. The Labute approximate surface area is 207 Å². The summed E-state index contributed by atoms with van der Waals surface area (Å²) in [6.07, 6.45) is 0.916. The van der Waals surface area contributed by atoms with E-state index >= 15 is 0 Å². The van der Waals surface area contributed by atoms with E-state index in [1.165, 1.54) is 0 Å². The fraction of sp³-hybridized carbons (Fsp3) is 0.571. The standard InChI is InChI=1S/C21H25BrF3N7O3/c1-12(29-15-10-28-30-18(33)17(15)21(23,24)25)11-35-16-4-7-32(19(16)34)14-2-5-31(6-3-14)20-26-8-13(22)9-27-20/h8-10,12,14,16H,2-7,11H2,1H3,(H2,29,30,33). The number of anilines is 2. The molecule has 0 aliphatic carbocycles. The van der Waals surface area contributed by atoms with E-state index in [-0.39, 0.29) is 18.6 Å². The number of aromatic nitrogens is 4. The summed E-state index contributed by atoms with van der Waals surface area (Å²) >= 11 is 3.32. The largest absolute Gasteiger partial charge is 0.423 e. The van der Waals surface area contributed by atoms with E-state index in [0.717, 1.165) is 36.6 Å². The molecule has 4 heterocycles. The van der Waals surface area contributed by atoms with Crippen LogP contribution in [0.3, 0.4) is 0 Å². The summed E-state index contributed by atoms with van der Waals surface area (Å²) in [7, 11) is 0. The van der Waals surface area contributed by atoms with Crippen molar-refractivity contribution in [1.82, 2.24) is 25.1 Å². The Morgan fingerprint density at radius 1 is 1.17 bits per heavy atom. The first-order valence-electron chi connectivity index (χ1n) is 11.2. The molecule has 10 nitrogen and oxygen atoms in total. The molecule has 1 amide bonds. The predicted octanol–water partition coefficient (Wildman–Crippen LogP) is 2.43. The molecule has 2 aromatic rings. The van der Waals surface area contributed by atoms with E-state index < -0.39 is 35.1 Å². The molecule has 190 valence electrons. The average Bonchev–Trinajstić information content (AvgIpc) is 3.18. The molecule has 2 fully saturated rings. The van der Waals surface area contributed by atoms with Crippen molar-refractivity contribution in [3.05, 3.63) is 39.0 Å². The molecule has 0 spiro atoms. The van der Waals surface area contributed by atoms with Crippen molar-refractivity contribution in [3.63, 3.8) is 0 Å². The molecule has 4 rings (SSSR count). The average molecular weight is 560 g/mol. The van der Waals surface area contributed by atoms with Crippen molar-refractivity contribution in [3.8, 4) is 0 Å². The number of likely N-dealkylation sites (tertiary alicyclic amines) is 1. The van der Waals surface area contributed by atoms with Crippen molar-refractivity contribution in [1.29, 1.82) is 0 Å². The Morgan fingerprint density at radius 3 is 2.51 bits per heavy atom. The predicted molar refractivity (Wildman–Crippen MR) is 124 cm³/mol. The molecule has 14 heteroatoms. The number of piperidine rings is 1. The number of H-pyrrole nitrogens is 1. The Kier molecular flexibility index (Phi) is 7.59. The Morgan fingerprint density at radius 2 is 1.86 bits per heavy atom. The Hall–Kier alpha value is -2.74. The summed E-state index contributed by atoms with van der Waals surface area (Å²) in [6.45, 7) is 3.63. The second-order valence-corrected chi connectivity index (χ2v) is 9.51. The van der Waals surface area contributed by atoms with Crippen LogP contribution in [0.5, 0.6) is 0 Å². The van der Waals surface area contributed by atoms with Crippen LogP contribution in [0.15, 0.2) is 27.9 Å². The number of halogens is 4. The van der Waals surface area contributed by atoms with Crippen molar-refractivity contribution >= 4 is 33.5 Å². The van der Waals surface area contributed by atoms with Crippen LogP contribution in [-0.4, -0.2) is 75.4 Å². The molecule has 0 saturated carbocycles. The Bertz CT molecular complexity index is 1090. The highest BCUT2D eigenvalue weighted by Gasteiger charge is 2.39. The van der Waals surface area contributed by atoms with Crippen molar-refractivity contribution in [2.45, 2.75) is 50.6 Å². The van der Waals surface area contributed by atoms with Gasteiger partial charge in [-0.3, -0.25) is 9.59 Å². The molecule has 2 atom stereocenters. The third-order valence-corrected chi connectivity index (χ3v) is 6.48. The molecule has 35 heavy (non-hydrogen) atoms. The zero-order chi connectivity index (χ0) is 25.2. The molecular formula is C21H25BrF3N7O3. The fourth-order valence-electron chi connectivity index (χ4n) is 4.40. The van der Waals surface area contributed by atoms with Crippen molar-refractivity contribution in [2.75, 3.05) is 36.5 Å². The van der Waals surface area contributed by atoms with Gasteiger partial charge in [-0.05, 0) is 35.7 Å². The van der Waals surface area contributed by atoms with Gasteiger partial charge in [-0.1, -0.05) is 0 Å². The molecule has 2 saturated heterocycles. The zero-order valence-corrected chi connectivity index (χ0v) is 20.5. The maximum absolute atomic E-state index is 13.2. The number of carbonyl (C=O) groups is 1. The normalized spacial score (nSPS) is 20.4. The maximum Gasteiger partial charge on any atom is 0.423 e. The number of alkyl halides is 3. The van der Waals surface area contributed by atoms with Gasteiger partial charge in [-0.2, -0.15) is 18.3 Å². The minimum Gasteiger partial charge on any atom is -0.378 e. The minimum atomic E-state index is -4.83. The molecule has 0 radical (unpaired) electrons. The molecule has 0 bridgehead atoms. The fourth-order valence-corrected chi connectivity index (χ4v) is 4.60. The van der Waals surface area contributed by atoms with Crippen LogP contribution in [0.2, 0.25) is 0 Å². The second-order valence-electron chi connectivity index (χ2n) is 8.59. The summed E-state index contributed by atoms with van der Waals surface area (Å²) < 4.78 is 46.2. The number of amides is 1. The first-order chi connectivity index (χ1) is 16.6. The topological polar surface area (TPSA) is 116 Å². The van der Waals surface area contributed by atoms with Crippen LogP contribution in [0.1, 0.15) is 31.7 Å². The molecule has 2 unspecified atom stereocenters. The van der Waals surface area contributed by atoms with E-state index in [4.69, 9.17) is 4.74 Å². The summed E-state index contributed by atoms with van der Waals surface area (Å²) in [6, 6.07) is -0.495. The van der Waals surface area contributed by atoms with E-state index in [1.807, 2.05) is 4.90 Å². The van der Waals surface area contributed by atoms with Gasteiger partial charge >= 0.3 is 6.18 Å². The SMILES string of the molecule is CC(COC1CCN(C2CCN(c3ncc(Br)cn3)CC2)C1=O)Nc1cn[nH]c(=O)c1C(F)(F)F. The lowest BCUT2D eigenvalue weighted by Crippen LogP contribution is -2.47. The first-order valence-corrected chi connectivity index (χ1v) is 12.0.